The highest BCUT2D eigenvalue weighted by molar-refractivity contribution is 9.10. The van der Waals surface area contributed by atoms with Gasteiger partial charge in [-0.2, -0.15) is 5.10 Å². The van der Waals surface area contributed by atoms with Gasteiger partial charge >= 0.3 is 0 Å². The number of aldehydes is 1. The van der Waals surface area contributed by atoms with Gasteiger partial charge < -0.3 is 0 Å². The zero-order chi connectivity index (χ0) is 11.7. The second-order valence-corrected chi connectivity index (χ2v) is 4.24. The number of pyridine rings is 1. The minimum Gasteiger partial charge on any atom is -0.298 e. The summed E-state index contributed by atoms with van der Waals surface area (Å²) in [5.74, 6) is 0. The smallest absolute Gasteiger partial charge is 0.152 e. The van der Waals surface area contributed by atoms with E-state index in [1.807, 2.05) is 13.8 Å². The first kappa shape index (κ1) is 11.0. The summed E-state index contributed by atoms with van der Waals surface area (Å²) in [5.41, 5.74) is 3.11. The van der Waals surface area contributed by atoms with E-state index in [0.717, 1.165) is 22.1 Å². The topological polar surface area (TPSA) is 47.8 Å². The number of carbonyl (C=O) groups is 1. The van der Waals surface area contributed by atoms with Crippen LogP contribution in [0.1, 0.15) is 21.7 Å². The predicted octanol–water partition coefficient (Wildman–Crippen LogP) is 2.46. The van der Waals surface area contributed by atoms with Crippen LogP contribution in [0.2, 0.25) is 0 Å². The van der Waals surface area contributed by atoms with Crippen LogP contribution in [0.25, 0.3) is 5.69 Å². The molecule has 0 fully saturated rings. The van der Waals surface area contributed by atoms with Crippen LogP contribution in [0.15, 0.2) is 22.9 Å². The SMILES string of the molecule is Cc1nn(-c2cnccc2C=O)c(C)c1Br. The van der Waals surface area contributed by atoms with Crippen molar-refractivity contribution in [1.29, 1.82) is 0 Å². The second-order valence-electron chi connectivity index (χ2n) is 3.45. The molecule has 0 saturated carbocycles. The van der Waals surface area contributed by atoms with Gasteiger partial charge in [0.15, 0.2) is 6.29 Å². The highest BCUT2D eigenvalue weighted by Gasteiger charge is 2.12. The third-order valence-electron chi connectivity index (χ3n) is 2.39. The summed E-state index contributed by atoms with van der Waals surface area (Å²) in [6.07, 6.45) is 4.03. The fraction of sp³-hybridized carbons (Fsp3) is 0.182. The van der Waals surface area contributed by atoms with E-state index in [9.17, 15) is 4.79 Å². The van der Waals surface area contributed by atoms with Crippen LogP contribution in [0.4, 0.5) is 0 Å². The fourth-order valence-corrected chi connectivity index (χ4v) is 1.78. The summed E-state index contributed by atoms with van der Waals surface area (Å²) in [6, 6.07) is 1.67. The fourth-order valence-electron chi connectivity index (χ4n) is 1.53. The number of hydrogen-bond donors (Lipinski definition) is 0. The van der Waals surface area contributed by atoms with E-state index in [4.69, 9.17) is 0 Å². The van der Waals surface area contributed by atoms with Gasteiger partial charge in [-0.1, -0.05) is 0 Å². The van der Waals surface area contributed by atoms with Crippen LogP contribution in [-0.2, 0) is 0 Å². The van der Waals surface area contributed by atoms with Crippen molar-refractivity contribution in [1.82, 2.24) is 14.8 Å². The molecule has 0 saturated heterocycles. The van der Waals surface area contributed by atoms with Crippen molar-refractivity contribution in [3.63, 3.8) is 0 Å². The summed E-state index contributed by atoms with van der Waals surface area (Å²) in [5, 5.41) is 4.36. The van der Waals surface area contributed by atoms with Crippen LogP contribution >= 0.6 is 15.9 Å². The molecule has 0 spiro atoms. The number of aromatic nitrogens is 3. The molecule has 2 aromatic heterocycles. The Morgan fingerprint density at radius 3 is 2.75 bits per heavy atom. The second kappa shape index (κ2) is 4.17. The highest BCUT2D eigenvalue weighted by atomic mass is 79.9. The van der Waals surface area contributed by atoms with Crippen molar-refractivity contribution < 1.29 is 4.79 Å². The minimum absolute atomic E-state index is 0.577. The van der Waals surface area contributed by atoms with Crippen molar-refractivity contribution in [2.75, 3.05) is 0 Å². The maximum absolute atomic E-state index is 10.9. The third kappa shape index (κ3) is 1.67. The Morgan fingerprint density at radius 1 is 1.44 bits per heavy atom. The molecule has 82 valence electrons. The lowest BCUT2D eigenvalue weighted by atomic mass is 10.2. The summed E-state index contributed by atoms with van der Waals surface area (Å²) >= 11 is 3.45. The van der Waals surface area contributed by atoms with Gasteiger partial charge in [-0.05, 0) is 35.8 Å². The standard InChI is InChI=1S/C11H10BrN3O/c1-7-11(12)8(2)15(14-7)10-5-13-4-3-9(10)6-16/h3-6H,1-2H3. The van der Waals surface area contributed by atoms with E-state index in [2.05, 4.69) is 26.0 Å². The van der Waals surface area contributed by atoms with E-state index in [0.29, 0.717) is 11.3 Å². The third-order valence-corrected chi connectivity index (χ3v) is 3.54. The molecule has 0 amide bonds. The predicted molar refractivity (Wildman–Crippen MR) is 63.9 cm³/mol. The Morgan fingerprint density at radius 2 is 2.19 bits per heavy atom. The minimum atomic E-state index is 0.577. The first-order chi connectivity index (χ1) is 7.65. The Bertz CT molecular complexity index is 548. The molecule has 0 atom stereocenters. The molecule has 2 heterocycles. The summed E-state index contributed by atoms with van der Waals surface area (Å²) in [7, 11) is 0. The van der Waals surface area contributed by atoms with Gasteiger partial charge in [-0.25, -0.2) is 4.68 Å². The monoisotopic (exact) mass is 279 g/mol. The molecule has 2 rings (SSSR count). The average molecular weight is 280 g/mol. The Kier molecular flexibility index (Phi) is 2.87. The molecule has 0 aliphatic carbocycles. The largest absolute Gasteiger partial charge is 0.298 e. The maximum atomic E-state index is 10.9. The zero-order valence-electron chi connectivity index (χ0n) is 8.94. The van der Waals surface area contributed by atoms with Crippen molar-refractivity contribution in [2.24, 2.45) is 0 Å². The number of nitrogens with zero attached hydrogens (tertiary/aromatic N) is 3. The van der Waals surface area contributed by atoms with Gasteiger partial charge in [-0.3, -0.25) is 9.78 Å². The number of halogens is 1. The Balaban J connectivity index is 2.67. The average Bonchev–Trinajstić information content (AvgIpc) is 2.57. The summed E-state index contributed by atoms with van der Waals surface area (Å²) in [6.45, 7) is 3.84. The van der Waals surface area contributed by atoms with E-state index in [1.165, 1.54) is 0 Å². The molecule has 4 nitrogen and oxygen atoms in total. The van der Waals surface area contributed by atoms with E-state index < -0.39 is 0 Å². The van der Waals surface area contributed by atoms with Crippen LogP contribution in [0.5, 0.6) is 0 Å². The lowest BCUT2D eigenvalue weighted by molar-refractivity contribution is 0.112. The quantitative estimate of drug-likeness (QED) is 0.794. The van der Waals surface area contributed by atoms with Gasteiger partial charge in [-0.15, -0.1) is 0 Å². The molecule has 0 N–H and O–H groups in total. The number of aryl methyl sites for hydroxylation is 1. The van der Waals surface area contributed by atoms with Gasteiger partial charge in [0.05, 0.1) is 27.7 Å². The van der Waals surface area contributed by atoms with E-state index in [1.54, 1.807) is 23.1 Å². The molecular weight excluding hydrogens is 270 g/mol. The van der Waals surface area contributed by atoms with Gasteiger partial charge in [0.2, 0.25) is 0 Å². The molecule has 0 radical (unpaired) electrons. The summed E-state index contributed by atoms with van der Waals surface area (Å²) < 4.78 is 2.67. The van der Waals surface area contributed by atoms with Gasteiger partial charge in [0, 0.05) is 11.8 Å². The van der Waals surface area contributed by atoms with Crippen LogP contribution < -0.4 is 0 Å². The van der Waals surface area contributed by atoms with Crippen molar-refractivity contribution in [3.05, 3.63) is 39.9 Å². The Hall–Kier alpha value is -1.49. The number of hydrogen-bond acceptors (Lipinski definition) is 3. The number of carbonyl (C=O) groups excluding carboxylic acids is 1. The lowest BCUT2D eigenvalue weighted by Gasteiger charge is -2.05. The van der Waals surface area contributed by atoms with E-state index >= 15 is 0 Å². The molecule has 2 aromatic rings. The molecular formula is C11H10BrN3O. The van der Waals surface area contributed by atoms with Crippen molar-refractivity contribution in [2.45, 2.75) is 13.8 Å². The molecule has 0 aliphatic rings. The zero-order valence-corrected chi connectivity index (χ0v) is 10.5. The summed E-state index contributed by atoms with van der Waals surface area (Å²) in [4.78, 5) is 14.9. The van der Waals surface area contributed by atoms with E-state index in [-0.39, 0.29) is 0 Å². The van der Waals surface area contributed by atoms with Crippen LogP contribution in [0, 0.1) is 13.8 Å². The first-order valence-electron chi connectivity index (χ1n) is 4.76. The van der Waals surface area contributed by atoms with Crippen molar-refractivity contribution >= 4 is 22.2 Å². The first-order valence-corrected chi connectivity index (χ1v) is 5.55. The van der Waals surface area contributed by atoms with Crippen LogP contribution in [-0.4, -0.2) is 21.1 Å². The van der Waals surface area contributed by atoms with Crippen LogP contribution in [0.3, 0.4) is 0 Å². The molecule has 0 unspecified atom stereocenters. The normalized spacial score (nSPS) is 10.4. The molecule has 0 aliphatic heterocycles. The Labute approximate surface area is 101 Å². The lowest BCUT2D eigenvalue weighted by Crippen LogP contribution is -2.03. The van der Waals surface area contributed by atoms with Gasteiger partial charge in [0.1, 0.15) is 0 Å². The molecule has 5 heteroatoms. The highest BCUT2D eigenvalue weighted by Crippen LogP contribution is 2.23. The molecule has 0 bridgehead atoms. The maximum Gasteiger partial charge on any atom is 0.152 e. The molecule has 0 aromatic carbocycles. The molecule has 16 heavy (non-hydrogen) atoms. The van der Waals surface area contributed by atoms with Crippen molar-refractivity contribution in [3.8, 4) is 5.69 Å². The van der Waals surface area contributed by atoms with Gasteiger partial charge in [0.25, 0.3) is 0 Å². The number of rotatable bonds is 2.